The van der Waals surface area contributed by atoms with E-state index < -0.39 is 5.76 Å². The van der Waals surface area contributed by atoms with Gasteiger partial charge in [0.05, 0.1) is 12.4 Å². The smallest absolute Gasteiger partial charge is 0.434 e. The lowest BCUT2D eigenvalue weighted by atomic mass is 9.82. The zero-order valence-electron chi connectivity index (χ0n) is 16.6. The van der Waals surface area contributed by atoms with Crippen LogP contribution in [-0.2, 0) is 11.2 Å². The molecule has 1 aromatic carbocycles. The second-order valence-corrected chi connectivity index (χ2v) is 9.70. The largest absolute Gasteiger partial charge is 0.493 e. The van der Waals surface area contributed by atoms with Gasteiger partial charge in [0.2, 0.25) is 5.89 Å². The Bertz CT molecular complexity index is 753. The molecule has 0 fully saturated rings. The van der Waals surface area contributed by atoms with E-state index in [0.717, 1.165) is 11.5 Å². The van der Waals surface area contributed by atoms with Gasteiger partial charge in [-0.05, 0) is 28.5 Å². The fourth-order valence-corrected chi connectivity index (χ4v) is 3.70. The van der Waals surface area contributed by atoms with Crippen LogP contribution in [0.3, 0.4) is 0 Å². The molecule has 0 saturated carbocycles. The molecule has 0 amide bonds. The van der Waals surface area contributed by atoms with Crippen LogP contribution in [0.5, 0.6) is 5.75 Å². The first-order chi connectivity index (χ1) is 12.1. The Balaban J connectivity index is 1.94. The Hall–Kier alpha value is -1.69. The molecule has 5 nitrogen and oxygen atoms in total. The molecule has 6 heteroatoms. The van der Waals surface area contributed by atoms with E-state index in [1.54, 1.807) is 11.8 Å². The molecule has 0 spiro atoms. The Kier molecular flexibility index (Phi) is 6.61. The van der Waals surface area contributed by atoms with Gasteiger partial charge in [-0.1, -0.05) is 53.7 Å². The summed E-state index contributed by atoms with van der Waals surface area (Å²) in [4.78, 5) is 11.0. The van der Waals surface area contributed by atoms with Gasteiger partial charge < -0.3 is 9.15 Å². The van der Waals surface area contributed by atoms with Crippen molar-refractivity contribution in [3.8, 4) is 5.75 Å². The third-order valence-electron chi connectivity index (χ3n) is 4.40. The van der Waals surface area contributed by atoms with Gasteiger partial charge in [-0.25, -0.2) is 9.89 Å². The number of H-pyrrole nitrogens is 1. The molecule has 0 saturated heterocycles. The number of aromatic amines is 1. The summed E-state index contributed by atoms with van der Waals surface area (Å²) in [6, 6.07) is 8.34. The minimum atomic E-state index is -0.505. The number of nitrogens with one attached hydrogen (secondary N) is 1. The summed E-state index contributed by atoms with van der Waals surface area (Å²) in [6.45, 7) is 13.9. The molecule has 1 aromatic heterocycles. The van der Waals surface area contributed by atoms with E-state index in [0.29, 0.717) is 24.2 Å². The second-order valence-electron chi connectivity index (χ2n) is 8.67. The maximum Gasteiger partial charge on any atom is 0.434 e. The van der Waals surface area contributed by atoms with Crippen LogP contribution >= 0.6 is 11.8 Å². The standard InChI is InChI=1S/C20H30N2O3S/c1-19(2,3)14-8-7-9-16(10-14)24-11-15(20(4,5)6)12-26-13-17-21-22-18(23)25-17/h7-10,15H,11-13H2,1-6H3,(H,22,23). The Morgan fingerprint density at radius 2 is 1.96 bits per heavy atom. The molecule has 0 aliphatic carbocycles. The highest BCUT2D eigenvalue weighted by Gasteiger charge is 2.26. The predicted molar refractivity (Wildman–Crippen MR) is 107 cm³/mol. The molecule has 0 radical (unpaired) electrons. The molecule has 0 aliphatic heterocycles. The molecule has 2 rings (SSSR count). The van der Waals surface area contributed by atoms with Crippen molar-refractivity contribution in [3.05, 3.63) is 46.3 Å². The highest BCUT2D eigenvalue weighted by molar-refractivity contribution is 7.98. The maximum atomic E-state index is 11.0. The normalized spacial score (nSPS) is 13.6. The zero-order chi connectivity index (χ0) is 19.4. The van der Waals surface area contributed by atoms with Gasteiger partial charge in [0, 0.05) is 11.7 Å². The van der Waals surface area contributed by atoms with Crippen LogP contribution in [0.2, 0.25) is 0 Å². The van der Waals surface area contributed by atoms with Crippen molar-refractivity contribution >= 4 is 11.8 Å². The molecular weight excluding hydrogens is 348 g/mol. The number of thioether (sulfide) groups is 1. The fourth-order valence-electron chi connectivity index (χ4n) is 2.41. The number of aromatic nitrogens is 2. The van der Waals surface area contributed by atoms with E-state index in [2.05, 4.69) is 69.9 Å². The average Bonchev–Trinajstić information content (AvgIpc) is 2.94. The van der Waals surface area contributed by atoms with Crippen LogP contribution in [0.4, 0.5) is 0 Å². The number of rotatable bonds is 7. The van der Waals surface area contributed by atoms with Crippen LogP contribution in [0.25, 0.3) is 0 Å². The first-order valence-electron chi connectivity index (χ1n) is 8.91. The minimum absolute atomic E-state index is 0.103. The summed E-state index contributed by atoms with van der Waals surface area (Å²) >= 11 is 1.70. The van der Waals surface area contributed by atoms with Crippen molar-refractivity contribution in [2.24, 2.45) is 11.3 Å². The van der Waals surface area contributed by atoms with Crippen molar-refractivity contribution in [3.63, 3.8) is 0 Å². The van der Waals surface area contributed by atoms with E-state index >= 15 is 0 Å². The van der Waals surface area contributed by atoms with Crippen molar-refractivity contribution in [2.45, 2.75) is 52.7 Å². The maximum absolute atomic E-state index is 11.0. The van der Waals surface area contributed by atoms with Crippen molar-refractivity contribution < 1.29 is 9.15 Å². The van der Waals surface area contributed by atoms with Crippen LogP contribution in [0.1, 0.15) is 53.0 Å². The molecule has 0 aliphatic rings. The quantitative estimate of drug-likeness (QED) is 0.760. The topological polar surface area (TPSA) is 68.1 Å². The third kappa shape index (κ3) is 6.24. The van der Waals surface area contributed by atoms with E-state index in [4.69, 9.17) is 9.15 Å². The number of benzene rings is 1. The van der Waals surface area contributed by atoms with Gasteiger partial charge in [-0.2, -0.15) is 11.8 Å². The SMILES string of the molecule is CC(C)(C)c1cccc(OCC(CSCc2n[nH]c(=O)o2)C(C)(C)C)c1. The van der Waals surface area contributed by atoms with Gasteiger partial charge in [0.15, 0.2) is 0 Å². The van der Waals surface area contributed by atoms with Gasteiger partial charge in [-0.15, -0.1) is 5.10 Å². The molecule has 26 heavy (non-hydrogen) atoms. The highest BCUT2D eigenvalue weighted by Crippen LogP contribution is 2.31. The molecule has 1 atom stereocenters. The van der Waals surface area contributed by atoms with Crippen LogP contribution in [0, 0.1) is 11.3 Å². The van der Waals surface area contributed by atoms with Gasteiger partial charge in [-0.3, -0.25) is 0 Å². The van der Waals surface area contributed by atoms with Crippen molar-refractivity contribution in [1.82, 2.24) is 10.2 Å². The molecule has 1 heterocycles. The molecule has 1 N–H and O–H groups in total. The lowest BCUT2D eigenvalue weighted by Crippen LogP contribution is -2.29. The van der Waals surface area contributed by atoms with E-state index in [-0.39, 0.29) is 10.8 Å². The van der Waals surface area contributed by atoms with Gasteiger partial charge in [0.1, 0.15) is 5.75 Å². The summed E-state index contributed by atoms with van der Waals surface area (Å²) in [6.07, 6.45) is 0. The summed E-state index contributed by atoms with van der Waals surface area (Å²) in [5.74, 6) is 2.68. The fraction of sp³-hybridized carbons (Fsp3) is 0.600. The predicted octanol–water partition coefficient (Wildman–Crippen LogP) is 4.63. The Morgan fingerprint density at radius 1 is 1.23 bits per heavy atom. The van der Waals surface area contributed by atoms with E-state index in [1.165, 1.54) is 5.56 Å². The third-order valence-corrected chi connectivity index (χ3v) is 5.49. The summed E-state index contributed by atoms with van der Waals surface area (Å²) in [7, 11) is 0. The lowest BCUT2D eigenvalue weighted by Gasteiger charge is -2.30. The minimum Gasteiger partial charge on any atom is -0.493 e. The number of hydrogen-bond acceptors (Lipinski definition) is 5. The summed E-state index contributed by atoms with van der Waals surface area (Å²) < 4.78 is 11.1. The van der Waals surface area contributed by atoms with E-state index in [9.17, 15) is 4.79 Å². The molecule has 144 valence electrons. The Labute approximate surface area is 159 Å². The summed E-state index contributed by atoms with van der Waals surface area (Å²) in [5, 5.41) is 6.14. The van der Waals surface area contributed by atoms with Crippen molar-refractivity contribution in [2.75, 3.05) is 12.4 Å². The zero-order valence-corrected chi connectivity index (χ0v) is 17.4. The van der Waals surface area contributed by atoms with Crippen LogP contribution in [-0.4, -0.2) is 22.6 Å². The van der Waals surface area contributed by atoms with Crippen LogP contribution < -0.4 is 10.5 Å². The second kappa shape index (κ2) is 8.33. The average molecular weight is 379 g/mol. The lowest BCUT2D eigenvalue weighted by molar-refractivity contribution is 0.165. The first kappa shape index (κ1) is 20.6. The van der Waals surface area contributed by atoms with E-state index in [1.807, 2.05) is 6.07 Å². The van der Waals surface area contributed by atoms with Gasteiger partial charge >= 0.3 is 5.76 Å². The summed E-state index contributed by atoms with van der Waals surface area (Å²) in [5.41, 5.74) is 1.48. The monoisotopic (exact) mass is 378 g/mol. The molecule has 1 unspecified atom stereocenters. The molecular formula is C20H30N2O3S. The molecule has 0 bridgehead atoms. The highest BCUT2D eigenvalue weighted by atomic mass is 32.2. The number of hydrogen-bond donors (Lipinski definition) is 1. The Morgan fingerprint density at radius 3 is 2.54 bits per heavy atom. The number of nitrogens with zero attached hydrogens (tertiary/aromatic N) is 1. The van der Waals surface area contributed by atoms with Crippen molar-refractivity contribution in [1.29, 1.82) is 0 Å². The van der Waals surface area contributed by atoms with Gasteiger partial charge in [0.25, 0.3) is 0 Å². The van der Waals surface area contributed by atoms with Crippen LogP contribution in [0.15, 0.2) is 33.5 Å². The first-order valence-corrected chi connectivity index (χ1v) is 10.1. The molecule has 2 aromatic rings. The number of ether oxygens (including phenoxy) is 1.